The number of hydrogen-bond donors (Lipinski definition) is 1. The number of carbonyl (C=O) groups excluding carboxylic acids is 3. The minimum atomic E-state index is -1.11. The summed E-state index contributed by atoms with van der Waals surface area (Å²) in [6, 6.07) is 0. The number of hydrogen-bond acceptors (Lipinski definition) is 7. The highest BCUT2D eigenvalue weighted by Gasteiger charge is 2.19. The van der Waals surface area contributed by atoms with Gasteiger partial charge in [0.05, 0.1) is 12.8 Å². The lowest BCUT2D eigenvalue weighted by Crippen LogP contribution is -2.30. The van der Waals surface area contributed by atoms with Crippen molar-refractivity contribution in [3.8, 4) is 0 Å². The normalized spacial score (nSPS) is 11.4. The van der Waals surface area contributed by atoms with Crippen LogP contribution in [0.3, 0.4) is 0 Å². The Labute approximate surface area is 141 Å². The molecule has 0 aliphatic carbocycles. The predicted molar refractivity (Wildman–Crippen MR) is 83.1 cm³/mol. The first-order chi connectivity index (χ1) is 11.4. The van der Waals surface area contributed by atoms with Crippen molar-refractivity contribution in [2.45, 2.75) is 64.9 Å². The first-order valence-electron chi connectivity index (χ1n) is 8.11. The van der Waals surface area contributed by atoms with Gasteiger partial charge in [-0.15, -0.1) is 0 Å². The number of aliphatic carboxylic acids is 1. The van der Waals surface area contributed by atoms with E-state index in [1.54, 1.807) is 0 Å². The molecule has 8 heteroatoms. The maximum absolute atomic E-state index is 11.5. The SMILES string of the molecule is CCCCC(=O)OCC(COC(=O)CCC(=O)O)OC(=O)CCC. The van der Waals surface area contributed by atoms with Crippen LogP contribution in [0.25, 0.3) is 0 Å². The average Bonchev–Trinajstić information content (AvgIpc) is 2.53. The summed E-state index contributed by atoms with van der Waals surface area (Å²) in [5.41, 5.74) is 0. The Hall–Kier alpha value is -2.12. The molecule has 0 aromatic heterocycles. The monoisotopic (exact) mass is 346 g/mol. The van der Waals surface area contributed by atoms with Gasteiger partial charge in [-0.3, -0.25) is 19.2 Å². The molecule has 0 bridgehead atoms. The van der Waals surface area contributed by atoms with Crippen molar-refractivity contribution in [2.75, 3.05) is 13.2 Å². The summed E-state index contributed by atoms with van der Waals surface area (Å²) >= 11 is 0. The van der Waals surface area contributed by atoms with Crippen LogP contribution in [0.2, 0.25) is 0 Å². The summed E-state index contributed by atoms with van der Waals surface area (Å²) in [5, 5.41) is 8.50. The Balaban J connectivity index is 4.36. The van der Waals surface area contributed by atoms with Crippen LogP contribution in [0.5, 0.6) is 0 Å². The molecule has 0 saturated heterocycles. The number of rotatable bonds is 13. The molecule has 8 nitrogen and oxygen atoms in total. The highest BCUT2D eigenvalue weighted by Crippen LogP contribution is 2.04. The third kappa shape index (κ3) is 12.4. The summed E-state index contributed by atoms with van der Waals surface area (Å²) in [4.78, 5) is 44.8. The number of carboxylic acid groups (broad SMARTS) is 1. The Morgan fingerprint density at radius 2 is 1.38 bits per heavy atom. The highest BCUT2D eigenvalue weighted by molar-refractivity contribution is 5.76. The molecule has 1 unspecified atom stereocenters. The largest absolute Gasteiger partial charge is 0.481 e. The molecule has 0 aromatic rings. The van der Waals surface area contributed by atoms with Crippen molar-refractivity contribution in [3.63, 3.8) is 0 Å². The second kappa shape index (κ2) is 13.3. The molecule has 0 heterocycles. The van der Waals surface area contributed by atoms with Crippen molar-refractivity contribution in [3.05, 3.63) is 0 Å². The lowest BCUT2D eigenvalue weighted by molar-refractivity contribution is -0.167. The van der Waals surface area contributed by atoms with E-state index in [1.165, 1.54) is 0 Å². The first kappa shape index (κ1) is 21.9. The van der Waals surface area contributed by atoms with Gasteiger partial charge in [-0.05, 0) is 12.8 Å². The van der Waals surface area contributed by atoms with E-state index in [4.69, 9.17) is 19.3 Å². The van der Waals surface area contributed by atoms with E-state index in [9.17, 15) is 19.2 Å². The summed E-state index contributed by atoms with van der Waals surface area (Å²) in [7, 11) is 0. The third-order valence-corrected chi connectivity index (χ3v) is 2.89. The quantitative estimate of drug-likeness (QED) is 0.397. The summed E-state index contributed by atoms with van der Waals surface area (Å²) in [6.07, 6.45) is 1.10. The molecule has 0 amide bonds. The van der Waals surface area contributed by atoms with Crippen LogP contribution in [0.15, 0.2) is 0 Å². The van der Waals surface area contributed by atoms with Crippen LogP contribution in [-0.2, 0) is 33.4 Å². The first-order valence-corrected chi connectivity index (χ1v) is 8.11. The Bertz CT molecular complexity index is 418. The molecule has 0 spiro atoms. The van der Waals surface area contributed by atoms with Gasteiger partial charge in [0.25, 0.3) is 0 Å². The van der Waals surface area contributed by atoms with E-state index < -0.39 is 30.0 Å². The zero-order chi connectivity index (χ0) is 18.4. The second-order valence-electron chi connectivity index (χ2n) is 5.23. The van der Waals surface area contributed by atoms with Gasteiger partial charge in [-0.1, -0.05) is 20.3 Å². The number of carboxylic acids is 1. The smallest absolute Gasteiger partial charge is 0.306 e. The summed E-state index contributed by atoms with van der Waals surface area (Å²) in [6.45, 7) is 3.27. The topological polar surface area (TPSA) is 116 Å². The maximum atomic E-state index is 11.5. The molecule has 0 aromatic carbocycles. The average molecular weight is 346 g/mol. The molecule has 0 radical (unpaired) electrons. The van der Waals surface area contributed by atoms with Crippen LogP contribution < -0.4 is 0 Å². The van der Waals surface area contributed by atoms with E-state index in [0.29, 0.717) is 12.8 Å². The number of unbranched alkanes of at least 4 members (excludes halogenated alkanes) is 1. The zero-order valence-electron chi connectivity index (χ0n) is 14.2. The number of ether oxygens (including phenoxy) is 3. The fourth-order valence-electron chi connectivity index (χ4n) is 1.61. The molecular weight excluding hydrogens is 320 g/mol. The van der Waals surface area contributed by atoms with E-state index in [0.717, 1.165) is 6.42 Å². The van der Waals surface area contributed by atoms with Gasteiger partial charge < -0.3 is 19.3 Å². The standard InChI is InChI=1S/C16H26O8/c1-3-5-7-14(19)22-10-12(24-16(21)6-4-2)11-23-15(20)9-8-13(17)18/h12H,3-11H2,1-2H3,(H,17,18). The molecular formula is C16H26O8. The van der Waals surface area contributed by atoms with Crippen molar-refractivity contribution >= 4 is 23.9 Å². The van der Waals surface area contributed by atoms with Crippen LogP contribution >= 0.6 is 0 Å². The van der Waals surface area contributed by atoms with Gasteiger partial charge in [0.15, 0.2) is 6.10 Å². The molecule has 24 heavy (non-hydrogen) atoms. The van der Waals surface area contributed by atoms with E-state index in [1.807, 2.05) is 13.8 Å². The minimum Gasteiger partial charge on any atom is -0.481 e. The molecule has 0 rings (SSSR count). The maximum Gasteiger partial charge on any atom is 0.306 e. The third-order valence-electron chi connectivity index (χ3n) is 2.89. The van der Waals surface area contributed by atoms with Gasteiger partial charge in [0, 0.05) is 12.8 Å². The van der Waals surface area contributed by atoms with E-state index in [2.05, 4.69) is 0 Å². The van der Waals surface area contributed by atoms with E-state index >= 15 is 0 Å². The molecule has 138 valence electrons. The van der Waals surface area contributed by atoms with Crippen LogP contribution in [0.1, 0.15) is 58.8 Å². The minimum absolute atomic E-state index is 0.202. The van der Waals surface area contributed by atoms with Gasteiger partial charge in [-0.25, -0.2) is 0 Å². The zero-order valence-corrected chi connectivity index (χ0v) is 14.2. The van der Waals surface area contributed by atoms with Crippen LogP contribution in [-0.4, -0.2) is 48.3 Å². The predicted octanol–water partition coefficient (Wildman–Crippen LogP) is 1.84. The molecule has 0 aliphatic heterocycles. The fraction of sp³-hybridized carbons (Fsp3) is 0.750. The fourth-order valence-corrected chi connectivity index (χ4v) is 1.61. The molecule has 0 saturated carbocycles. The van der Waals surface area contributed by atoms with Gasteiger partial charge in [-0.2, -0.15) is 0 Å². The Morgan fingerprint density at radius 1 is 0.792 bits per heavy atom. The highest BCUT2D eigenvalue weighted by atomic mass is 16.6. The van der Waals surface area contributed by atoms with Crippen molar-refractivity contribution in [1.82, 2.24) is 0 Å². The Morgan fingerprint density at radius 3 is 1.88 bits per heavy atom. The number of esters is 3. The van der Waals surface area contributed by atoms with Gasteiger partial charge in [0.1, 0.15) is 13.2 Å². The van der Waals surface area contributed by atoms with Crippen LogP contribution in [0.4, 0.5) is 0 Å². The van der Waals surface area contributed by atoms with E-state index in [-0.39, 0.29) is 38.9 Å². The Kier molecular flexibility index (Phi) is 12.2. The molecule has 0 aliphatic rings. The summed E-state index contributed by atoms with van der Waals surface area (Å²) in [5.74, 6) is -2.71. The summed E-state index contributed by atoms with van der Waals surface area (Å²) < 4.78 is 15.0. The lowest BCUT2D eigenvalue weighted by atomic mass is 10.2. The molecule has 1 atom stereocenters. The second-order valence-corrected chi connectivity index (χ2v) is 5.23. The van der Waals surface area contributed by atoms with Crippen molar-refractivity contribution in [2.24, 2.45) is 0 Å². The van der Waals surface area contributed by atoms with Gasteiger partial charge in [0.2, 0.25) is 0 Å². The number of carbonyl (C=O) groups is 4. The van der Waals surface area contributed by atoms with Gasteiger partial charge >= 0.3 is 23.9 Å². The lowest BCUT2D eigenvalue weighted by Gasteiger charge is -2.18. The van der Waals surface area contributed by atoms with Crippen molar-refractivity contribution < 1.29 is 38.5 Å². The van der Waals surface area contributed by atoms with Crippen molar-refractivity contribution in [1.29, 1.82) is 0 Å². The molecule has 1 N–H and O–H groups in total. The molecule has 0 fully saturated rings. The van der Waals surface area contributed by atoms with Crippen LogP contribution in [0, 0.1) is 0 Å².